The number of unbranched alkanes of at least 4 members (excludes halogenated alkanes) is 2. The molecule has 31 heavy (non-hydrogen) atoms. The van der Waals surface area contributed by atoms with Gasteiger partial charge in [-0.2, -0.15) is 0 Å². The van der Waals surface area contributed by atoms with Crippen LogP contribution in [0.15, 0.2) is 42.5 Å². The van der Waals surface area contributed by atoms with Crippen LogP contribution in [0.4, 0.5) is 17.1 Å². The Kier molecular flexibility index (Phi) is 6.34. The van der Waals surface area contributed by atoms with E-state index in [4.69, 9.17) is 0 Å². The molecule has 0 fully saturated rings. The third-order valence-corrected chi connectivity index (χ3v) is 4.82. The van der Waals surface area contributed by atoms with Gasteiger partial charge in [0.1, 0.15) is 5.56 Å². The van der Waals surface area contributed by atoms with E-state index < -0.39 is 21.7 Å². The Balaban J connectivity index is 1.45. The van der Waals surface area contributed by atoms with E-state index in [0.29, 0.717) is 24.9 Å². The van der Waals surface area contributed by atoms with Gasteiger partial charge < -0.3 is 5.32 Å². The fourth-order valence-electron chi connectivity index (χ4n) is 3.29. The number of carbonyl (C=O) groups is 3. The van der Waals surface area contributed by atoms with Crippen LogP contribution in [-0.2, 0) is 4.79 Å². The molecule has 0 bridgehead atoms. The lowest BCUT2D eigenvalue weighted by molar-refractivity contribution is -0.385. The summed E-state index contributed by atoms with van der Waals surface area (Å²) in [6.45, 7) is 0.105. The number of nitrogens with one attached hydrogen (secondary N) is 1. The number of nitro groups is 2. The van der Waals surface area contributed by atoms with Gasteiger partial charge >= 0.3 is 0 Å². The number of hydrogen-bond acceptors (Lipinski definition) is 7. The van der Waals surface area contributed by atoms with Crippen molar-refractivity contribution in [3.05, 3.63) is 73.8 Å². The van der Waals surface area contributed by atoms with E-state index in [0.717, 1.165) is 4.90 Å². The smallest absolute Gasteiger partial charge is 0.282 e. The zero-order valence-electron chi connectivity index (χ0n) is 16.3. The van der Waals surface area contributed by atoms with Crippen molar-refractivity contribution in [2.75, 3.05) is 11.9 Å². The first-order valence-corrected chi connectivity index (χ1v) is 9.47. The molecule has 0 aliphatic carbocycles. The normalized spacial score (nSPS) is 12.6. The van der Waals surface area contributed by atoms with Crippen molar-refractivity contribution in [3.63, 3.8) is 0 Å². The third-order valence-electron chi connectivity index (χ3n) is 4.82. The van der Waals surface area contributed by atoms with E-state index in [9.17, 15) is 34.6 Å². The monoisotopic (exact) mass is 426 g/mol. The van der Waals surface area contributed by atoms with Crippen molar-refractivity contribution >= 4 is 34.8 Å². The van der Waals surface area contributed by atoms with Crippen molar-refractivity contribution in [2.24, 2.45) is 0 Å². The molecule has 1 N–H and O–H groups in total. The molecule has 0 spiro atoms. The van der Waals surface area contributed by atoms with Crippen LogP contribution >= 0.6 is 0 Å². The molecule has 0 unspecified atom stereocenters. The number of imide groups is 1. The van der Waals surface area contributed by atoms with Crippen LogP contribution in [0.3, 0.4) is 0 Å². The van der Waals surface area contributed by atoms with E-state index in [1.165, 1.54) is 42.5 Å². The first-order chi connectivity index (χ1) is 14.8. The van der Waals surface area contributed by atoms with E-state index in [1.54, 1.807) is 0 Å². The van der Waals surface area contributed by atoms with Gasteiger partial charge in [0.15, 0.2) is 0 Å². The standard InChI is InChI=1S/C20H18N4O7/c25-17(21-13-8-10-14(11-9-13)23(28)29)7-2-1-3-12-22-19(26)15-5-4-6-16(24(30)31)18(15)20(22)27/h4-6,8-11H,1-3,7,12H2,(H,21,25). The molecule has 1 aliphatic rings. The molecule has 1 heterocycles. The molecule has 0 aromatic heterocycles. The number of anilines is 1. The highest BCUT2D eigenvalue weighted by Gasteiger charge is 2.40. The predicted molar refractivity (Wildman–Crippen MR) is 109 cm³/mol. The van der Waals surface area contributed by atoms with Crippen molar-refractivity contribution in [2.45, 2.75) is 25.7 Å². The van der Waals surface area contributed by atoms with E-state index in [2.05, 4.69) is 5.32 Å². The fraction of sp³-hybridized carbons (Fsp3) is 0.250. The minimum absolute atomic E-state index is 0.0293. The molecule has 2 aromatic carbocycles. The molecule has 11 nitrogen and oxygen atoms in total. The lowest BCUT2D eigenvalue weighted by Gasteiger charge is -2.13. The van der Waals surface area contributed by atoms with Gasteiger partial charge in [0.25, 0.3) is 23.2 Å². The summed E-state index contributed by atoms with van der Waals surface area (Å²) in [6, 6.07) is 9.43. The second-order valence-electron chi connectivity index (χ2n) is 6.88. The quantitative estimate of drug-likeness (QED) is 0.279. The summed E-state index contributed by atoms with van der Waals surface area (Å²) in [5.74, 6) is -1.49. The molecule has 0 radical (unpaired) electrons. The highest BCUT2D eigenvalue weighted by atomic mass is 16.6. The second kappa shape index (κ2) is 9.11. The van der Waals surface area contributed by atoms with E-state index >= 15 is 0 Å². The van der Waals surface area contributed by atoms with E-state index in [-0.39, 0.29) is 41.4 Å². The molecular weight excluding hydrogens is 408 g/mol. The molecule has 1 aliphatic heterocycles. The Hall–Kier alpha value is -4.15. The van der Waals surface area contributed by atoms with Crippen LogP contribution in [0, 0.1) is 20.2 Å². The maximum atomic E-state index is 12.5. The molecule has 0 atom stereocenters. The Labute approximate surface area is 176 Å². The maximum Gasteiger partial charge on any atom is 0.282 e. The van der Waals surface area contributed by atoms with Gasteiger partial charge in [-0.3, -0.25) is 39.5 Å². The molecule has 0 saturated carbocycles. The molecule has 3 amide bonds. The topological polar surface area (TPSA) is 153 Å². The summed E-state index contributed by atoms with van der Waals surface area (Å²) in [5.41, 5.74) is -0.164. The third kappa shape index (κ3) is 4.71. The number of rotatable bonds is 9. The van der Waals surface area contributed by atoms with Crippen LogP contribution in [0.2, 0.25) is 0 Å². The van der Waals surface area contributed by atoms with Gasteiger partial charge in [-0.15, -0.1) is 0 Å². The number of nitro benzene ring substituents is 2. The van der Waals surface area contributed by atoms with Gasteiger partial charge in [0, 0.05) is 36.9 Å². The highest BCUT2D eigenvalue weighted by molar-refractivity contribution is 6.23. The SMILES string of the molecule is O=C(CCCCCN1C(=O)c2cccc([N+](=O)[O-])c2C1=O)Nc1ccc([N+](=O)[O-])cc1. The fourth-order valence-corrected chi connectivity index (χ4v) is 3.29. The highest BCUT2D eigenvalue weighted by Crippen LogP contribution is 2.30. The predicted octanol–water partition coefficient (Wildman–Crippen LogP) is 3.30. The summed E-state index contributed by atoms with van der Waals surface area (Å²) in [5, 5.41) is 24.4. The first kappa shape index (κ1) is 21.6. The van der Waals surface area contributed by atoms with Crippen molar-refractivity contribution in [1.82, 2.24) is 4.90 Å². The van der Waals surface area contributed by atoms with Gasteiger partial charge in [0.05, 0.1) is 15.4 Å². The van der Waals surface area contributed by atoms with Crippen LogP contribution < -0.4 is 5.32 Å². The number of carbonyl (C=O) groups excluding carboxylic acids is 3. The zero-order valence-corrected chi connectivity index (χ0v) is 16.3. The molecule has 160 valence electrons. The summed E-state index contributed by atoms with van der Waals surface area (Å²) >= 11 is 0. The molecule has 11 heteroatoms. The summed E-state index contributed by atoms with van der Waals surface area (Å²) in [4.78, 5) is 58.4. The average molecular weight is 426 g/mol. The lowest BCUT2D eigenvalue weighted by atomic mass is 10.1. The minimum atomic E-state index is -0.683. The number of benzene rings is 2. The molecular formula is C20H18N4O7. The van der Waals surface area contributed by atoms with E-state index in [1.807, 2.05) is 0 Å². The van der Waals surface area contributed by atoms with Crippen molar-refractivity contribution in [1.29, 1.82) is 0 Å². The summed E-state index contributed by atoms with van der Waals surface area (Å²) in [7, 11) is 0. The van der Waals surface area contributed by atoms with Crippen LogP contribution in [-0.4, -0.2) is 39.0 Å². The maximum absolute atomic E-state index is 12.5. The number of amides is 3. The van der Waals surface area contributed by atoms with Gasteiger partial charge in [0.2, 0.25) is 5.91 Å². The molecule has 3 rings (SSSR count). The van der Waals surface area contributed by atoms with Crippen LogP contribution in [0.5, 0.6) is 0 Å². The lowest BCUT2D eigenvalue weighted by Crippen LogP contribution is -2.30. The van der Waals surface area contributed by atoms with Crippen molar-refractivity contribution in [3.8, 4) is 0 Å². The molecule has 0 saturated heterocycles. The van der Waals surface area contributed by atoms with Crippen LogP contribution in [0.25, 0.3) is 0 Å². The largest absolute Gasteiger partial charge is 0.326 e. The van der Waals surface area contributed by atoms with Gasteiger partial charge in [-0.1, -0.05) is 12.5 Å². The van der Waals surface area contributed by atoms with Crippen molar-refractivity contribution < 1.29 is 24.2 Å². The number of hydrogen-bond donors (Lipinski definition) is 1. The Bertz CT molecular complexity index is 1070. The van der Waals surface area contributed by atoms with Gasteiger partial charge in [-0.25, -0.2) is 0 Å². The Morgan fingerprint density at radius 3 is 2.26 bits per heavy atom. The van der Waals surface area contributed by atoms with Gasteiger partial charge in [-0.05, 0) is 31.0 Å². The molecule has 2 aromatic rings. The number of nitrogens with zero attached hydrogens (tertiary/aromatic N) is 3. The summed E-state index contributed by atoms with van der Waals surface area (Å²) in [6.07, 6.45) is 1.71. The number of fused-ring (bicyclic) bond motifs is 1. The number of non-ortho nitro benzene ring substituents is 1. The first-order valence-electron chi connectivity index (χ1n) is 9.47. The average Bonchev–Trinajstić information content (AvgIpc) is 2.98. The van der Waals surface area contributed by atoms with Crippen LogP contribution in [0.1, 0.15) is 46.4 Å². The summed E-state index contributed by atoms with van der Waals surface area (Å²) < 4.78 is 0. The zero-order chi connectivity index (χ0) is 22.5. The Morgan fingerprint density at radius 2 is 1.61 bits per heavy atom. The Morgan fingerprint density at radius 1 is 0.903 bits per heavy atom. The minimum Gasteiger partial charge on any atom is -0.326 e. The second-order valence-corrected chi connectivity index (χ2v) is 6.88.